The summed E-state index contributed by atoms with van der Waals surface area (Å²) in [4.78, 5) is 16.1. The molecule has 100 valence electrons. The van der Waals surface area contributed by atoms with Crippen LogP contribution in [-0.4, -0.2) is 30.7 Å². The number of hydrogen-bond acceptors (Lipinski definition) is 5. The van der Waals surface area contributed by atoms with E-state index in [1.807, 2.05) is 0 Å². The zero-order valence-electron chi connectivity index (χ0n) is 10.4. The Bertz CT molecular complexity index is 782. The molecule has 0 aliphatic carbocycles. The molecule has 1 amide bonds. The van der Waals surface area contributed by atoms with Crippen molar-refractivity contribution in [1.82, 2.24) is 24.8 Å². The van der Waals surface area contributed by atoms with Gasteiger partial charge in [-0.25, -0.2) is 0 Å². The second-order valence-corrected chi connectivity index (χ2v) is 4.50. The number of halogens is 1. The summed E-state index contributed by atoms with van der Waals surface area (Å²) < 4.78 is 1.46. The Morgan fingerprint density at radius 2 is 2.00 bits per heavy atom. The van der Waals surface area contributed by atoms with Gasteiger partial charge in [-0.3, -0.25) is 4.79 Å². The number of fused-ring (bicyclic) bond motifs is 1. The molecule has 1 N–H and O–H groups in total. The summed E-state index contributed by atoms with van der Waals surface area (Å²) in [5, 5.41) is 15.0. The van der Waals surface area contributed by atoms with E-state index >= 15 is 0 Å². The average molecular weight is 289 g/mol. The van der Waals surface area contributed by atoms with E-state index in [0.29, 0.717) is 22.2 Å². The van der Waals surface area contributed by atoms with Crippen molar-refractivity contribution in [3.8, 4) is 0 Å². The van der Waals surface area contributed by atoms with Crippen molar-refractivity contribution >= 4 is 29.0 Å². The first-order valence-corrected chi connectivity index (χ1v) is 6.13. The molecule has 1 aromatic carbocycles. The second-order valence-electron chi connectivity index (χ2n) is 4.07. The largest absolute Gasteiger partial charge is 0.321 e. The van der Waals surface area contributed by atoms with Crippen LogP contribution in [0.1, 0.15) is 16.2 Å². The van der Waals surface area contributed by atoms with Crippen molar-refractivity contribution in [2.24, 2.45) is 0 Å². The number of carbonyl (C=O) groups excluding carboxylic acids is 1. The Hall–Kier alpha value is -2.54. The van der Waals surface area contributed by atoms with E-state index in [0.717, 1.165) is 0 Å². The Balaban J connectivity index is 1.92. The molecule has 0 fully saturated rings. The molecular weight excluding hydrogens is 280 g/mol. The van der Waals surface area contributed by atoms with E-state index in [4.69, 9.17) is 11.6 Å². The number of nitrogens with one attached hydrogen (secondary N) is 1. The van der Waals surface area contributed by atoms with Gasteiger partial charge in [-0.05, 0) is 31.2 Å². The summed E-state index contributed by atoms with van der Waals surface area (Å²) >= 11 is 5.79. The van der Waals surface area contributed by atoms with Gasteiger partial charge in [-0.2, -0.15) is 14.6 Å². The Labute approximate surface area is 118 Å². The Morgan fingerprint density at radius 3 is 2.75 bits per heavy atom. The smallest absolute Gasteiger partial charge is 0.278 e. The third-order valence-corrected chi connectivity index (χ3v) is 3.00. The van der Waals surface area contributed by atoms with E-state index in [2.05, 4.69) is 25.6 Å². The maximum Gasteiger partial charge on any atom is 0.278 e. The number of carbonyl (C=O) groups is 1. The fourth-order valence-corrected chi connectivity index (χ4v) is 1.87. The number of aromatic nitrogens is 5. The second kappa shape index (κ2) is 4.86. The SMILES string of the molecule is Cc1c(C(=O)Nc2ccc(Cl)cc2)nnc2ncnn12. The van der Waals surface area contributed by atoms with Crippen LogP contribution in [0.4, 0.5) is 5.69 Å². The number of aryl methyl sites for hydroxylation is 1. The maximum atomic E-state index is 12.2. The summed E-state index contributed by atoms with van der Waals surface area (Å²) in [5.74, 6) is -0.0136. The van der Waals surface area contributed by atoms with E-state index in [1.54, 1.807) is 31.2 Å². The van der Waals surface area contributed by atoms with Crippen molar-refractivity contribution in [1.29, 1.82) is 0 Å². The summed E-state index contributed by atoms with van der Waals surface area (Å²) in [7, 11) is 0. The van der Waals surface area contributed by atoms with Crippen LogP contribution in [0.5, 0.6) is 0 Å². The Morgan fingerprint density at radius 1 is 1.25 bits per heavy atom. The van der Waals surface area contributed by atoms with Gasteiger partial charge < -0.3 is 5.32 Å². The van der Waals surface area contributed by atoms with Gasteiger partial charge in [0.15, 0.2) is 5.69 Å². The number of nitrogens with zero attached hydrogens (tertiary/aromatic N) is 5. The zero-order chi connectivity index (χ0) is 14.1. The lowest BCUT2D eigenvalue weighted by molar-refractivity contribution is 0.102. The highest BCUT2D eigenvalue weighted by molar-refractivity contribution is 6.30. The highest BCUT2D eigenvalue weighted by Crippen LogP contribution is 2.14. The first-order chi connectivity index (χ1) is 9.65. The number of rotatable bonds is 2. The fourth-order valence-electron chi connectivity index (χ4n) is 1.74. The lowest BCUT2D eigenvalue weighted by Gasteiger charge is -2.06. The number of amides is 1. The zero-order valence-corrected chi connectivity index (χ0v) is 11.2. The molecule has 20 heavy (non-hydrogen) atoms. The van der Waals surface area contributed by atoms with E-state index in [1.165, 1.54) is 10.8 Å². The highest BCUT2D eigenvalue weighted by atomic mass is 35.5. The molecule has 2 heterocycles. The van der Waals surface area contributed by atoms with Crippen molar-refractivity contribution in [2.75, 3.05) is 5.32 Å². The monoisotopic (exact) mass is 288 g/mol. The molecule has 3 rings (SSSR count). The molecule has 8 heteroatoms. The van der Waals surface area contributed by atoms with Gasteiger partial charge >= 0.3 is 0 Å². The molecule has 0 aliphatic heterocycles. The van der Waals surface area contributed by atoms with Crippen molar-refractivity contribution < 1.29 is 4.79 Å². The summed E-state index contributed by atoms with van der Waals surface area (Å²) in [6.45, 7) is 1.73. The minimum absolute atomic E-state index is 0.193. The molecule has 3 aromatic rings. The summed E-state index contributed by atoms with van der Waals surface area (Å²) in [6, 6.07) is 6.79. The molecule has 0 atom stereocenters. The molecule has 0 unspecified atom stereocenters. The molecule has 0 spiro atoms. The van der Waals surface area contributed by atoms with Gasteiger partial charge in [0.1, 0.15) is 6.33 Å². The van der Waals surface area contributed by atoms with Gasteiger partial charge in [0.2, 0.25) is 0 Å². The first-order valence-electron chi connectivity index (χ1n) is 5.75. The molecular formula is C12H9ClN6O. The van der Waals surface area contributed by atoms with Crippen LogP contribution >= 0.6 is 11.6 Å². The highest BCUT2D eigenvalue weighted by Gasteiger charge is 2.15. The molecule has 7 nitrogen and oxygen atoms in total. The number of benzene rings is 1. The minimum atomic E-state index is -0.366. The predicted octanol–water partition coefficient (Wildman–Crippen LogP) is 1.73. The maximum absolute atomic E-state index is 12.2. The van der Waals surface area contributed by atoms with Gasteiger partial charge in [-0.1, -0.05) is 11.6 Å². The van der Waals surface area contributed by atoms with Crippen molar-refractivity contribution in [2.45, 2.75) is 6.92 Å². The van der Waals surface area contributed by atoms with E-state index < -0.39 is 0 Å². The third-order valence-electron chi connectivity index (χ3n) is 2.75. The molecule has 0 aliphatic rings. The standard InChI is InChI=1S/C12H9ClN6O/c1-7-10(17-18-12-14-6-15-19(7)12)11(20)16-9-4-2-8(13)3-5-9/h2-6H,1H3,(H,16,20). The fraction of sp³-hybridized carbons (Fsp3) is 0.0833. The molecule has 0 saturated carbocycles. The van der Waals surface area contributed by atoms with Crippen LogP contribution in [0.3, 0.4) is 0 Å². The van der Waals surface area contributed by atoms with Gasteiger partial charge in [-0.15, -0.1) is 10.2 Å². The van der Waals surface area contributed by atoms with Crippen LogP contribution in [0.25, 0.3) is 5.78 Å². The van der Waals surface area contributed by atoms with Crippen molar-refractivity contribution in [3.05, 3.63) is 47.0 Å². The average Bonchev–Trinajstić information content (AvgIpc) is 2.91. The van der Waals surface area contributed by atoms with Crippen LogP contribution in [0.2, 0.25) is 5.02 Å². The van der Waals surface area contributed by atoms with Crippen LogP contribution < -0.4 is 5.32 Å². The topological polar surface area (TPSA) is 85.1 Å². The predicted molar refractivity (Wildman–Crippen MR) is 72.7 cm³/mol. The molecule has 0 bridgehead atoms. The Kier molecular flexibility index (Phi) is 3.03. The normalized spacial score (nSPS) is 10.7. The van der Waals surface area contributed by atoms with Gasteiger partial charge in [0, 0.05) is 10.7 Å². The van der Waals surface area contributed by atoms with Crippen LogP contribution in [0, 0.1) is 6.92 Å². The molecule has 0 saturated heterocycles. The van der Waals surface area contributed by atoms with Crippen LogP contribution in [-0.2, 0) is 0 Å². The lowest BCUT2D eigenvalue weighted by atomic mass is 10.3. The first kappa shape index (κ1) is 12.5. The van der Waals surface area contributed by atoms with E-state index in [-0.39, 0.29) is 11.6 Å². The molecule has 0 radical (unpaired) electrons. The van der Waals surface area contributed by atoms with Crippen LogP contribution in [0.15, 0.2) is 30.6 Å². The van der Waals surface area contributed by atoms with Crippen molar-refractivity contribution in [3.63, 3.8) is 0 Å². The van der Waals surface area contributed by atoms with Gasteiger partial charge in [0.25, 0.3) is 11.7 Å². The van der Waals surface area contributed by atoms with E-state index in [9.17, 15) is 4.79 Å². The number of anilines is 1. The minimum Gasteiger partial charge on any atom is -0.321 e. The lowest BCUT2D eigenvalue weighted by Crippen LogP contribution is -2.18. The molecule has 2 aromatic heterocycles. The summed E-state index contributed by atoms with van der Waals surface area (Å²) in [5.41, 5.74) is 1.39. The quantitative estimate of drug-likeness (QED) is 0.776. The number of hydrogen-bond donors (Lipinski definition) is 1. The summed E-state index contributed by atoms with van der Waals surface area (Å²) in [6.07, 6.45) is 1.36. The third kappa shape index (κ3) is 2.19. The van der Waals surface area contributed by atoms with Gasteiger partial charge in [0.05, 0.1) is 5.69 Å².